The van der Waals surface area contributed by atoms with E-state index in [1.165, 1.54) is 11.8 Å². The number of anilines is 1. The molecule has 6 heteroatoms. The molecule has 104 valence electrons. The molecule has 0 saturated carbocycles. The van der Waals surface area contributed by atoms with E-state index in [-0.39, 0.29) is 5.91 Å². The van der Waals surface area contributed by atoms with E-state index < -0.39 is 0 Å². The van der Waals surface area contributed by atoms with E-state index in [9.17, 15) is 4.79 Å². The molecule has 20 heavy (non-hydrogen) atoms. The minimum atomic E-state index is -0.219. The first-order chi connectivity index (χ1) is 9.65. The number of hydrogen-bond donors (Lipinski definition) is 1. The Morgan fingerprint density at radius 1 is 1.40 bits per heavy atom. The first-order valence-corrected chi connectivity index (χ1v) is 7.40. The maximum absolute atomic E-state index is 12.2. The molecule has 0 fully saturated rings. The second kappa shape index (κ2) is 6.63. The van der Waals surface area contributed by atoms with Crippen LogP contribution in [0.25, 0.3) is 0 Å². The van der Waals surface area contributed by atoms with Crippen LogP contribution in [0.4, 0.5) is 5.69 Å². The average Bonchev–Trinajstić information content (AvgIpc) is 2.47. The molecule has 0 aliphatic rings. The monoisotopic (exact) mass is 308 g/mol. The molecule has 0 bridgehead atoms. The van der Waals surface area contributed by atoms with E-state index >= 15 is 0 Å². The molecule has 1 aromatic heterocycles. The predicted molar refractivity (Wildman–Crippen MR) is 82.0 cm³/mol. The quantitative estimate of drug-likeness (QED) is 0.875. The van der Waals surface area contributed by atoms with Gasteiger partial charge in [0.05, 0.1) is 17.7 Å². The summed E-state index contributed by atoms with van der Waals surface area (Å²) in [6, 6.07) is 8.55. The fourth-order valence-electron chi connectivity index (χ4n) is 1.67. The summed E-state index contributed by atoms with van der Waals surface area (Å²) < 4.78 is 5.07. The van der Waals surface area contributed by atoms with Gasteiger partial charge in [-0.25, -0.2) is 4.98 Å². The highest BCUT2D eigenvalue weighted by molar-refractivity contribution is 7.98. The molecule has 2 aromatic rings. The lowest BCUT2D eigenvalue weighted by Gasteiger charge is -2.09. The molecule has 1 heterocycles. The van der Waals surface area contributed by atoms with Gasteiger partial charge in [-0.15, -0.1) is 11.8 Å². The minimum Gasteiger partial charge on any atom is -0.495 e. The molecule has 0 atom stereocenters. The number of aromatic nitrogens is 1. The van der Waals surface area contributed by atoms with Crippen LogP contribution in [0.15, 0.2) is 41.6 Å². The van der Waals surface area contributed by atoms with Crippen LogP contribution in [0.3, 0.4) is 0 Å². The van der Waals surface area contributed by atoms with Gasteiger partial charge in [0.2, 0.25) is 0 Å². The van der Waals surface area contributed by atoms with Gasteiger partial charge in [0, 0.05) is 11.9 Å². The Labute approximate surface area is 126 Å². The van der Waals surface area contributed by atoms with Crippen molar-refractivity contribution >= 4 is 35.0 Å². The van der Waals surface area contributed by atoms with E-state index in [1.54, 1.807) is 43.6 Å². The third kappa shape index (κ3) is 3.23. The average molecular weight is 309 g/mol. The summed E-state index contributed by atoms with van der Waals surface area (Å²) in [5.41, 5.74) is 1.14. The summed E-state index contributed by atoms with van der Waals surface area (Å²) >= 11 is 7.45. The Bertz CT molecular complexity index is 634. The third-order valence-corrected chi connectivity index (χ3v) is 3.63. The molecular formula is C14H13ClN2O2S. The molecule has 0 unspecified atom stereocenters. The Morgan fingerprint density at radius 3 is 2.85 bits per heavy atom. The van der Waals surface area contributed by atoms with E-state index in [1.807, 2.05) is 6.26 Å². The van der Waals surface area contributed by atoms with Crippen molar-refractivity contribution < 1.29 is 9.53 Å². The van der Waals surface area contributed by atoms with Gasteiger partial charge in [0.15, 0.2) is 0 Å². The molecule has 0 aliphatic heterocycles. The van der Waals surface area contributed by atoms with Gasteiger partial charge in [-0.1, -0.05) is 11.6 Å². The second-order valence-electron chi connectivity index (χ2n) is 3.86. The van der Waals surface area contributed by atoms with Crippen LogP contribution in [0.1, 0.15) is 10.4 Å². The zero-order valence-corrected chi connectivity index (χ0v) is 12.6. The number of benzene rings is 1. The van der Waals surface area contributed by atoms with E-state index in [4.69, 9.17) is 16.3 Å². The number of hydrogen-bond acceptors (Lipinski definition) is 4. The van der Waals surface area contributed by atoms with Gasteiger partial charge in [0.1, 0.15) is 10.8 Å². The smallest absolute Gasteiger partial charge is 0.258 e. The highest BCUT2D eigenvalue weighted by Crippen LogP contribution is 2.27. The van der Waals surface area contributed by atoms with Gasteiger partial charge in [0.25, 0.3) is 5.91 Å². The standard InChI is InChI=1S/C14H13ClN2O2S/c1-19-12-6-5-9(8-11(12)15)17-13(18)10-4-3-7-16-14(10)20-2/h3-8H,1-2H3,(H,17,18). The molecule has 0 radical (unpaired) electrons. The summed E-state index contributed by atoms with van der Waals surface area (Å²) in [6.07, 6.45) is 3.54. The van der Waals surface area contributed by atoms with Crippen LogP contribution in [0.5, 0.6) is 5.75 Å². The number of ether oxygens (including phenoxy) is 1. The number of pyridine rings is 1. The van der Waals surface area contributed by atoms with Crippen molar-refractivity contribution in [2.45, 2.75) is 5.03 Å². The number of nitrogens with zero attached hydrogens (tertiary/aromatic N) is 1. The second-order valence-corrected chi connectivity index (χ2v) is 5.07. The minimum absolute atomic E-state index is 0.219. The molecule has 0 saturated heterocycles. The topological polar surface area (TPSA) is 51.2 Å². The number of thioether (sulfide) groups is 1. The van der Waals surface area contributed by atoms with Gasteiger partial charge in [-0.2, -0.15) is 0 Å². The first kappa shape index (κ1) is 14.7. The Kier molecular flexibility index (Phi) is 4.87. The third-order valence-electron chi connectivity index (χ3n) is 2.62. The Balaban J connectivity index is 2.21. The van der Waals surface area contributed by atoms with E-state index in [2.05, 4.69) is 10.3 Å². The number of carbonyl (C=O) groups excluding carboxylic acids is 1. The summed E-state index contributed by atoms with van der Waals surface area (Å²) in [5.74, 6) is 0.347. The van der Waals surface area contributed by atoms with Crippen LogP contribution >= 0.6 is 23.4 Å². The van der Waals surface area contributed by atoms with E-state index in [0.29, 0.717) is 27.0 Å². The van der Waals surface area contributed by atoms with Gasteiger partial charge in [-0.05, 0) is 36.6 Å². The van der Waals surface area contributed by atoms with E-state index in [0.717, 1.165) is 0 Å². The van der Waals surface area contributed by atoms with Gasteiger partial charge < -0.3 is 10.1 Å². The summed E-state index contributed by atoms with van der Waals surface area (Å²) in [4.78, 5) is 16.4. The summed E-state index contributed by atoms with van der Waals surface area (Å²) in [7, 11) is 1.54. The highest BCUT2D eigenvalue weighted by atomic mass is 35.5. The number of nitrogens with one attached hydrogen (secondary N) is 1. The lowest BCUT2D eigenvalue weighted by molar-refractivity contribution is 0.102. The molecule has 1 amide bonds. The van der Waals surface area contributed by atoms with Crippen molar-refractivity contribution in [3.05, 3.63) is 47.1 Å². The lowest BCUT2D eigenvalue weighted by atomic mass is 10.2. The van der Waals surface area contributed by atoms with Crippen molar-refractivity contribution in [2.75, 3.05) is 18.7 Å². The molecule has 2 rings (SSSR count). The molecule has 0 spiro atoms. The fraction of sp³-hybridized carbons (Fsp3) is 0.143. The molecule has 1 N–H and O–H groups in total. The zero-order valence-electron chi connectivity index (χ0n) is 11.0. The number of methoxy groups -OCH3 is 1. The molecule has 1 aromatic carbocycles. The predicted octanol–water partition coefficient (Wildman–Crippen LogP) is 3.72. The number of halogens is 1. The van der Waals surface area contributed by atoms with Crippen molar-refractivity contribution in [1.29, 1.82) is 0 Å². The van der Waals surface area contributed by atoms with Crippen molar-refractivity contribution in [3.63, 3.8) is 0 Å². The van der Waals surface area contributed by atoms with Gasteiger partial charge >= 0.3 is 0 Å². The fourth-order valence-corrected chi connectivity index (χ4v) is 2.47. The van der Waals surface area contributed by atoms with Gasteiger partial charge in [-0.3, -0.25) is 4.79 Å². The van der Waals surface area contributed by atoms with Crippen molar-refractivity contribution in [3.8, 4) is 5.75 Å². The number of rotatable bonds is 4. The Morgan fingerprint density at radius 2 is 2.20 bits per heavy atom. The number of amides is 1. The number of carbonyl (C=O) groups is 1. The largest absolute Gasteiger partial charge is 0.495 e. The van der Waals surface area contributed by atoms with Crippen LogP contribution in [-0.2, 0) is 0 Å². The van der Waals surface area contributed by atoms with Crippen LogP contribution in [0.2, 0.25) is 5.02 Å². The first-order valence-electron chi connectivity index (χ1n) is 5.79. The molecular weight excluding hydrogens is 296 g/mol. The molecule has 4 nitrogen and oxygen atoms in total. The maximum atomic E-state index is 12.2. The van der Waals surface area contributed by atoms with Crippen LogP contribution < -0.4 is 10.1 Å². The zero-order chi connectivity index (χ0) is 14.5. The maximum Gasteiger partial charge on any atom is 0.258 e. The Hall–Kier alpha value is -1.72. The highest BCUT2D eigenvalue weighted by Gasteiger charge is 2.12. The normalized spacial score (nSPS) is 10.2. The van der Waals surface area contributed by atoms with Crippen molar-refractivity contribution in [2.24, 2.45) is 0 Å². The lowest BCUT2D eigenvalue weighted by Crippen LogP contribution is -2.13. The van der Waals surface area contributed by atoms with Crippen LogP contribution in [-0.4, -0.2) is 24.3 Å². The SMILES string of the molecule is COc1ccc(NC(=O)c2cccnc2SC)cc1Cl. The molecule has 0 aliphatic carbocycles. The summed E-state index contributed by atoms with van der Waals surface area (Å²) in [5, 5.41) is 3.92. The summed E-state index contributed by atoms with van der Waals surface area (Å²) in [6.45, 7) is 0. The van der Waals surface area contributed by atoms with Crippen LogP contribution in [0, 0.1) is 0 Å². The van der Waals surface area contributed by atoms with Crippen molar-refractivity contribution in [1.82, 2.24) is 4.98 Å².